The lowest BCUT2D eigenvalue weighted by Gasteiger charge is -2.17. The number of carbonyl (C=O) groups excluding carboxylic acids is 1. The molecule has 3 rings (SSSR count). The standard InChI is InChI=1S/C22H24Cl2N4O2S/c1-5-28-21(15(4)30-19-8-6-7-13(2)14(19)3)26-27-22(28)31-12-20(29)25-18-11-16(23)9-10-17(18)24/h6-11,15H,5,12H2,1-4H3,(H,25,29). The number of hydrogen-bond acceptors (Lipinski definition) is 5. The molecule has 0 aliphatic rings. The van der Waals surface area contributed by atoms with Crippen molar-refractivity contribution in [3.63, 3.8) is 0 Å². The van der Waals surface area contributed by atoms with Crippen LogP contribution in [0.2, 0.25) is 10.0 Å². The molecule has 1 aromatic heterocycles. The quantitative estimate of drug-likeness (QED) is 0.396. The number of anilines is 1. The SMILES string of the molecule is CCn1c(SCC(=O)Nc2cc(Cl)ccc2Cl)nnc1C(C)Oc1cccc(C)c1C. The number of nitrogens with one attached hydrogen (secondary N) is 1. The summed E-state index contributed by atoms with van der Waals surface area (Å²) in [5, 5.41) is 12.9. The van der Waals surface area contributed by atoms with Gasteiger partial charge in [0.25, 0.3) is 0 Å². The van der Waals surface area contributed by atoms with Gasteiger partial charge in [-0.05, 0) is 63.1 Å². The van der Waals surface area contributed by atoms with Crippen LogP contribution in [0.5, 0.6) is 5.75 Å². The number of thioether (sulfide) groups is 1. The molecule has 0 spiro atoms. The largest absolute Gasteiger partial charge is 0.482 e. The molecular formula is C22H24Cl2N4O2S. The van der Waals surface area contributed by atoms with Crippen LogP contribution in [0.25, 0.3) is 0 Å². The molecule has 3 aromatic rings. The molecule has 164 valence electrons. The molecule has 2 aromatic carbocycles. The van der Waals surface area contributed by atoms with Crippen LogP contribution in [-0.2, 0) is 11.3 Å². The van der Waals surface area contributed by atoms with Crippen molar-refractivity contribution >= 4 is 46.6 Å². The number of nitrogens with zero attached hydrogens (tertiary/aromatic N) is 3. The number of amides is 1. The molecule has 1 atom stereocenters. The Balaban J connectivity index is 1.67. The maximum Gasteiger partial charge on any atom is 0.234 e. The van der Waals surface area contributed by atoms with E-state index < -0.39 is 0 Å². The van der Waals surface area contributed by atoms with E-state index in [0.717, 1.165) is 11.3 Å². The van der Waals surface area contributed by atoms with Crippen LogP contribution in [0, 0.1) is 13.8 Å². The van der Waals surface area contributed by atoms with Gasteiger partial charge in [0, 0.05) is 11.6 Å². The van der Waals surface area contributed by atoms with E-state index in [0.29, 0.717) is 33.3 Å². The van der Waals surface area contributed by atoms with Gasteiger partial charge in [-0.3, -0.25) is 4.79 Å². The monoisotopic (exact) mass is 478 g/mol. The number of benzene rings is 2. The summed E-state index contributed by atoms with van der Waals surface area (Å²) < 4.78 is 8.12. The molecule has 9 heteroatoms. The highest BCUT2D eigenvalue weighted by atomic mass is 35.5. The molecule has 1 heterocycles. The predicted octanol–water partition coefficient (Wildman–Crippen LogP) is 6.09. The van der Waals surface area contributed by atoms with Crippen LogP contribution in [0.3, 0.4) is 0 Å². The zero-order valence-corrected chi connectivity index (χ0v) is 20.1. The number of halogens is 2. The van der Waals surface area contributed by atoms with Gasteiger partial charge in [0.15, 0.2) is 17.1 Å². The number of ether oxygens (including phenoxy) is 1. The second-order valence-corrected chi connectivity index (χ2v) is 8.79. The lowest BCUT2D eigenvalue weighted by molar-refractivity contribution is -0.113. The molecule has 0 radical (unpaired) electrons. The average Bonchev–Trinajstić information content (AvgIpc) is 3.15. The van der Waals surface area contributed by atoms with E-state index >= 15 is 0 Å². The Labute approximate surface area is 196 Å². The van der Waals surface area contributed by atoms with Crippen LogP contribution in [0.4, 0.5) is 5.69 Å². The van der Waals surface area contributed by atoms with Gasteiger partial charge in [-0.2, -0.15) is 0 Å². The number of hydrogen-bond donors (Lipinski definition) is 1. The van der Waals surface area contributed by atoms with Gasteiger partial charge in [-0.25, -0.2) is 0 Å². The Morgan fingerprint density at radius 1 is 1.23 bits per heavy atom. The predicted molar refractivity (Wildman–Crippen MR) is 126 cm³/mol. The molecule has 31 heavy (non-hydrogen) atoms. The molecule has 0 aliphatic heterocycles. The van der Waals surface area contributed by atoms with Crippen LogP contribution in [0.1, 0.15) is 36.9 Å². The Morgan fingerprint density at radius 2 is 2.00 bits per heavy atom. The van der Waals surface area contributed by atoms with Crippen molar-refractivity contribution in [2.75, 3.05) is 11.1 Å². The normalized spacial score (nSPS) is 11.9. The number of aromatic nitrogens is 3. The minimum Gasteiger partial charge on any atom is -0.482 e. The minimum atomic E-state index is -0.290. The van der Waals surface area contributed by atoms with E-state index in [9.17, 15) is 4.79 Å². The zero-order valence-electron chi connectivity index (χ0n) is 17.8. The van der Waals surface area contributed by atoms with E-state index in [1.54, 1.807) is 18.2 Å². The fourth-order valence-electron chi connectivity index (χ4n) is 3.01. The summed E-state index contributed by atoms with van der Waals surface area (Å²) in [6, 6.07) is 10.9. The molecule has 1 amide bonds. The van der Waals surface area contributed by atoms with Crippen molar-refractivity contribution < 1.29 is 9.53 Å². The summed E-state index contributed by atoms with van der Waals surface area (Å²) in [4.78, 5) is 12.4. The number of rotatable bonds is 8. The maximum atomic E-state index is 12.4. The maximum absolute atomic E-state index is 12.4. The highest BCUT2D eigenvalue weighted by Crippen LogP contribution is 2.29. The minimum absolute atomic E-state index is 0.160. The topological polar surface area (TPSA) is 69.0 Å². The highest BCUT2D eigenvalue weighted by Gasteiger charge is 2.20. The van der Waals surface area contributed by atoms with Crippen LogP contribution < -0.4 is 10.1 Å². The third-order valence-electron chi connectivity index (χ3n) is 4.82. The molecule has 6 nitrogen and oxygen atoms in total. The molecule has 0 aliphatic carbocycles. The van der Waals surface area contributed by atoms with Gasteiger partial charge in [-0.15, -0.1) is 10.2 Å². The van der Waals surface area contributed by atoms with E-state index in [1.807, 2.05) is 37.5 Å². The number of carbonyl (C=O) groups is 1. The molecule has 0 saturated heterocycles. The average molecular weight is 479 g/mol. The van der Waals surface area contributed by atoms with Gasteiger partial charge in [-0.1, -0.05) is 47.1 Å². The van der Waals surface area contributed by atoms with Crippen molar-refractivity contribution in [3.8, 4) is 5.75 Å². The number of aryl methyl sites for hydroxylation is 1. The fourth-order valence-corrected chi connectivity index (χ4v) is 4.16. The van der Waals surface area contributed by atoms with Crippen molar-refractivity contribution in [2.45, 2.75) is 45.5 Å². The van der Waals surface area contributed by atoms with Crippen molar-refractivity contribution in [3.05, 3.63) is 63.4 Å². The molecule has 0 saturated carbocycles. The summed E-state index contributed by atoms with van der Waals surface area (Å²) in [7, 11) is 0. The second kappa shape index (κ2) is 10.4. The highest BCUT2D eigenvalue weighted by molar-refractivity contribution is 7.99. The first kappa shape index (κ1) is 23.4. The lowest BCUT2D eigenvalue weighted by atomic mass is 10.1. The van der Waals surface area contributed by atoms with Crippen molar-refractivity contribution in [1.29, 1.82) is 0 Å². The summed E-state index contributed by atoms with van der Waals surface area (Å²) in [6.07, 6.45) is -0.290. The van der Waals surface area contributed by atoms with Crippen LogP contribution >= 0.6 is 35.0 Å². The zero-order chi connectivity index (χ0) is 22.5. The Morgan fingerprint density at radius 3 is 2.74 bits per heavy atom. The molecule has 0 fully saturated rings. The molecule has 1 unspecified atom stereocenters. The Bertz CT molecular complexity index is 1090. The van der Waals surface area contributed by atoms with Gasteiger partial charge < -0.3 is 14.6 Å². The van der Waals surface area contributed by atoms with Gasteiger partial charge in [0.1, 0.15) is 5.75 Å². The molecular weight excluding hydrogens is 455 g/mol. The molecule has 0 bridgehead atoms. The van der Waals surface area contributed by atoms with Crippen LogP contribution in [0.15, 0.2) is 41.6 Å². The van der Waals surface area contributed by atoms with Crippen LogP contribution in [-0.4, -0.2) is 26.4 Å². The summed E-state index contributed by atoms with van der Waals surface area (Å²) in [5.41, 5.74) is 2.75. The van der Waals surface area contributed by atoms with Gasteiger partial charge >= 0.3 is 0 Å². The van der Waals surface area contributed by atoms with Gasteiger partial charge in [0.05, 0.1) is 16.5 Å². The lowest BCUT2D eigenvalue weighted by Crippen LogP contribution is -2.16. The summed E-state index contributed by atoms with van der Waals surface area (Å²) >= 11 is 13.4. The third-order valence-corrected chi connectivity index (χ3v) is 6.35. The Kier molecular flexibility index (Phi) is 7.86. The van der Waals surface area contributed by atoms with E-state index in [2.05, 4.69) is 28.5 Å². The third kappa shape index (κ3) is 5.73. The first-order valence-electron chi connectivity index (χ1n) is 9.83. The second-order valence-electron chi connectivity index (χ2n) is 7.00. The van der Waals surface area contributed by atoms with E-state index in [4.69, 9.17) is 27.9 Å². The van der Waals surface area contributed by atoms with Gasteiger partial charge in [0.2, 0.25) is 5.91 Å². The first-order chi connectivity index (χ1) is 14.8. The smallest absolute Gasteiger partial charge is 0.234 e. The van der Waals surface area contributed by atoms with E-state index in [1.165, 1.54) is 17.3 Å². The summed E-state index contributed by atoms with van der Waals surface area (Å²) in [5.74, 6) is 1.49. The Hall–Kier alpha value is -2.22. The summed E-state index contributed by atoms with van der Waals surface area (Å²) in [6.45, 7) is 8.70. The van der Waals surface area contributed by atoms with Crippen molar-refractivity contribution in [1.82, 2.24) is 14.8 Å². The van der Waals surface area contributed by atoms with Crippen molar-refractivity contribution in [2.24, 2.45) is 0 Å². The van der Waals surface area contributed by atoms with E-state index in [-0.39, 0.29) is 17.8 Å². The first-order valence-corrected chi connectivity index (χ1v) is 11.6. The molecule has 1 N–H and O–H groups in total. The fraction of sp³-hybridized carbons (Fsp3) is 0.318.